The molecule has 0 aromatic heterocycles. The highest BCUT2D eigenvalue weighted by atomic mass is 16.2. The van der Waals surface area contributed by atoms with E-state index in [1.54, 1.807) is 4.90 Å². The van der Waals surface area contributed by atoms with E-state index in [9.17, 15) is 9.59 Å². The summed E-state index contributed by atoms with van der Waals surface area (Å²) < 4.78 is 0. The number of amides is 2. The van der Waals surface area contributed by atoms with Crippen LogP contribution in [-0.4, -0.2) is 49.4 Å². The van der Waals surface area contributed by atoms with Crippen LogP contribution in [0.15, 0.2) is 42.5 Å². The van der Waals surface area contributed by atoms with Gasteiger partial charge in [0.25, 0.3) is 0 Å². The predicted octanol–water partition coefficient (Wildman–Crippen LogP) is 3.31. The molecule has 0 bridgehead atoms. The fourth-order valence-corrected chi connectivity index (χ4v) is 4.35. The molecular formula is C24H29N3O2. The molecule has 2 heterocycles. The molecule has 2 aromatic carbocycles. The first-order valence-electron chi connectivity index (χ1n) is 10.4. The summed E-state index contributed by atoms with van der Waals surface area (Å²) >= 11 is 0. The van der Waals surface area contributed by atoms with Gasteiger partial charge in [-0.15, -0.1) is 0 Å². The number of anilines is 2. The monoisotopic (exact) mass is 391 g/mol. The van der Waals surface area contributed by atoms with Crippen molar-refractivity contribution >= 4 is 23.2 Å². The van der Waals surface area contributed by atoms with Crippen molar-refractivity contribution in [3.8, 4) is 0 Å². The number of carbonyl (C=O) groups excluding carboxylic acids is 2. The SMILES string of the molecule is Cc1ccc(N2CC(C(=O)N3CCN(c4cccc(C)c4C)CC3)CC2=O)cc1. The highest BCUT2D eigenvalue weighted by Gasteiger charge is 2.38. The Morgan fingerprint density at radius 1 is 0.931 bits per heavy atom. The summed E-state index contributed by atoms with van der Waals surface area (Å²) in [4.78, 5) is 31.6. The summed E-state index contributed by atoms with van der Waals surface area (Å²) in [6.45, 7) is 9.89. The van der Waals surface area contributed by atoms with E-state index in [1.807, 2.05) is 36.1 Å². The minimum atomic E-state index is -0.240. The molecule has 1 atom stereocenters. The first-order valence-corrected chi connectivity index (χ1v) is 10.4. The average molecular weight is 392 g/mol. The van der Waals surface area contributed by atoms with Crippen LogP contribution in [0.4, 0.5) is 11.4 Å². The standard InChI is InChI=1S/C24H29N3O2/c1-17-7-9-21(10-8-17)27-16-20(15-23(27)28)24(29)26-13-11-25(12-14-26)22-6-4-5-18(2)19(22)3/h4-10,20H,11-16H2,1-3H3. The van der Waals surface area contributed by atoms with E-state index in [4.69, 9.17) is 0 Å². The molecule has 2 aliphatic rings. The molecular weight excluding hydrogens is 362 g/mol. The number of hydrogen-bond acceptors (Lipinski definition) is 3. The van der Waals surface area contributed by atoms with Gasteiger partial charge in [-0.05, 0) is 50.1 Å². The molecule has 29 heavy (non-hydrogen) atoms. The van der Waals surface area contributed by atoms with Crippen LogP contribution in [0.3, 0.4) is 0 Å². The van der Waals surface area contributed by atoms with Gasteiger partial charge in [0.15, 0.2) is 0 Å². The van der Waals surface area contributed by atoms with Gasteiger partial charge in [0.05, 0.1) is 5.92 Å². The van der Waals surface area contributed by atoms with Gasteiger partial charge in [0.2, 0.25) is 11.8 Å². The van der Waals surface area contributed by atoms with Gasteiger partial charge in [0.1, 0.15) is 0 Å². The number of hydrogen-bond donors (Lipinski definition) is 0. The average Bonchev–Trinajstić information content (AvgIpc) is 3.12. The lowest BCUT2D eigenvalue weighted by Gasteiger charge is -2.38. The lowest BCUT2D eigenvalue weighted by Crippen LogP contribution is -2.51. The predicted molar refractivity (Wildman–Crippen MR) is 116 cm³/mol. The van der Waals surface area contributed by atoms with Crippen LogP contribution in [0, 0.1) is 26.7 Å². The van der Waals surface area contributed by atoms with Crippen molar-refractivity contribution in [1.29, 1.82) is 0 Å². The van der Waals surface area contributed by atoms with Gasteiger partial charge in [-0.2, -0.15) is 0 Å². The van der Waals surface area contributed by atoms with Crippen LogP contribution in [-0.2, 0) is 9.59 Å². The number of carbonyl (C=O) groups is 2. The van der Waals surface area contributed by atoms with Crippen LogP contribution < -0.4 is 9.80 Å². The van der Waals surface area contributed by atoms with Crippen molar-refractivity contribution in [2.24, 2.45) is 5.92 Å². The van der Waals surface area contributed by atoms with Crippen molar-refractivity contribution in [2.45, 2.75) is 27.2 Å². The third-order valence-electron chi connectivity index (χ3n) is 6.33. The highest BCUT2D eigenvalue weighted by Crippen LogP contribution is 2.28. The smallest absolute Gasteiger partial charge is 0.228 e. The fourth-order valence-electron chi connectivity index (χ4n) is 4.35. The van der Waals surface area contributed by atoms with Gasteiger partial charge < -0.3 is 14.7 Å². The molecule has 2 saturated heterocycles. The van der Waals surface area contributed by atoms with Gasteiger partial charge >= 0.3 is 0 Å². The van der Waals surface area contributed by atoms with E-state index >= 15 is 0 Å². The number of benzene rings is 2. The number of nitrogens with zero attached hydrogens (tertiary/aromatic N) is 3. The molecule has 2 aromatic rings. The summed E-state index contributed by atoms with van der Waals surface area (Å²) in [5.41, 5.74) is 5.91. The van der Waals surface area contributed by atoms with E-state index in [-0.39, 0.29) is 17.7 Å². The molecule has 0 N–H and O–H groups in total. The number of piperazine rings is 1. The van der Waals surface area contributed by atoms with Crippen LogP contribution in [0.1, 0.15) is 23.1 Å². The Labute approximate surface area is 172 Å². The Morgan fingerprint density at radius 3 is 2.31 bits per heavy atom. The molecule has 2 amide bonds. The lowest BCUT2D eigenvalue weighted by atomic mass is 10.1. The van der Waals surface area contributed by atoms with Crippen molar-refractivity contribution in [3.05, 3.63) is 59.2 Å². The molecule has 5 nitrogen and oxygen atoms in total. The highest BCUT2D eigenvalue weighted by molar-refractivity contribution is 6.00. The molecule has 2 aliphatic heterocycles. The van der Waals surface area contributed by atoms with Gasteiger partial charge in [-0.25, -0.2) is 0 Å². The molecule has 4 rings (SSSR count). The van der Waals surface area contributed by atoms with Crippen LogP contribution in [0.2, 0.25) is 0 Å². The fraction of sp³-hybridized carbons (Fsp3) is 0.417. The van der Waals surface area contributed by atoms with E-state index in [1.165, 1.54) is 16.8 Å². The zero-order chi connectivity index (χ0) is 20.5. The van der Waals surface area contributed by atoms with Crippen LogP contribution in [0.5, 0.6) is 0 Å². The van der Waals surface area contributed by atoms with Gasteiger partial charge in [0, 0.05) is 50.5 Å². The van der Waals surface area contributed by atoms with E-state index in [0.717, 1.165) is 24.3 Å². The summed E-state index contributed by atoms with van der Waals surface area (Å²) in [6.07, 6.45) is 0.309. The Morgan fingerprint density at radius 2 is 1.62 bits per heavy atom. The van der Waals surface area contributed by atoms with E-state index in [2.05, 4.69) is 36.9 Å². The Balaban J connectivity index is 1.38. The second-order valence-electron chi connectivity index (χ2n) is 8.27. The van der Waals surface area contributed by atoms with Crippen molar-refractivity contribution in [1.82, 2.24) is 4.90 Å². The maximum atomic E-state index is 13.1. The number of rotatable bonds is 3. The first kappa shape index (κ1) is 19.5. The van der Waals surface area contributed by atoms with Crippen molar-refractivity contribution in [2.75, 3.05) is 42.5 Å². The molecule has 2 fully saturated rings. The van der Waals surface area contributed by atoms with E-state index < -0.39 is 0 Å². The molecule has 0 spiro atoms. The molecule has 0 saturated carbocycles. The molecule has 0 radical (unpaired) electrons. The third kappa shape index (κ3) is 3.86. The second kappa shape index (κ2) is 7.90. The maximum absolute atomic E-state index is 13.1. The quantitative estimate of drug-likeness (QED) is 0.806. The molecule has 152 valence electrons. The largest absolute Gasteiger partial charge is 0.368 e. The minimum absolute atomic E-state index is 0.0428. The van der Waals surface area contributed by atoms with Gasteiger partial charge in [-0.3, -0.25) is 9.59 Å². The zero-order valence-corrected chi connectivity index (χ0v) is 17.5. The third-order valence-corrected chi connectivity index (χ3v) is 6.33. The van der Waals surface area contributed by atoms with Crippen molar-refractivity contribution in [3.63, 3.8) is 0 Å². The summed E-state index contributed by atoms with van der Waals surface area (Å²) in [5.74, 6) is -0.0779. The zero-order valence-electron chi connectivity index (χ0n) is 17.5. The van der Waals surface area contributed by atoms with Crippen LogP contribution in [0.25, 0.3) is 0 Å². The second-order valence-corrected chi connectivity index (χ2v) is 8.27. The Hall–Kier alpha value is -2.82. The van der Waals surface area contributed by atoms with Crippen LogP contribution >= 0.6 is 0 Å². The normalized spacial score (nSPS) is 19.8. The van der Waals surface area contributed by atoms with Crippen molar-refractivity contribution < 1.29 is 9.59 Å². The summed E-state index contributed by atoms with van der Waals surface area (Å²) in [6, 6.07) is 14.3. The number of aryl methyl sites for hydroxylation is 2. The molecule has 0 aliphatic carbocycles. The van der Waals surface area contributed by atoms with Gasteiger partial charge in [-0.1, -0.05) is 29.8 Å². The minimum Gasteiger partial charge on any atom is -0.368 e. The Bertz CT molecular complexity index is 914. The summed E-state index contributed by atoms with van der Waals surface area (Å²) in [5, 5.41) is 0. The molecule has 1 unspecified atom stereocenters. The Kier molecular flexibility index (Phi) is 5.31. The van der Waals surface area contributed by atoms with E-state index in [0.29, 0.717) is 26.1 Å². The topological polar surface area (TPSA) is 43.9 Å². The first-order chi connectivity index (χ1) is 13.9. The maximum Gasteiger partial charge on any atom is 0.228 e. The molecule has 5 heteroatoms. The summed E-state index contributed by atoms with van der Waals surface area (Å²) in [7, 11) is 0. The lowest BCUT2D eigenvalue weighted by molar-refractivity contribution is -0.136.